The van der Waals surface area contributed by atoms with Crippen LogP contribution in [0.25, 0.3) is 10.9 Å². The van der Waals surface area contributed by atoms with Gasteiger partial charge >= 0.3 is 6.18 Å². The Kier molecular flexibility index (Phi) is 5.07. The van der Waals surface area contributed by atoms with E-state index in [9.17, 15) is 27.5 Å². The molecule has 0 saturated heterocycles. The van der Waals surface area contributed by atoms with Crippen LogP contribution in [0.3, 0.4) is 0 Å². The van der Waals surface area contributed by atoms with Crippen LogP contribution in [-0.4, -0.2) is 21.7 Å². The summed E-state index contributed by atoms with van der Waals surface area (Å²) in [5.74, 6) is -1.34. The monoisotopic (exact) mass is 391 g/mol. The molecule has 9 heteroatoms. The quantitative estimate of drug-likeness (QED) is 0.666. The van der Waals surface area contributed by atoms with Crippen LogP contribution in [0.5, 0.6) is 0 Å². The zero-order chi connectivity index (χ0) is 20.5. The number of aliphatic hydroxyl groups excluding tert-OH is 1. The molecule has 1 atom stereocenters. The van der Waals surface area contributed by atoms with E-state index >= 15 is 0 Å². The first-order valence-corrected chi connectivity index (χ1v) is 8.03. The van der Waals surface area contributed by atoms with Crippen molar-refractivity contribution >= 4 is 22.5 Å². The summed E-state index contributed by atoms with van der Waals surface area (Å²) in [6.07, 6.45) is -4.76. The van der Waals surface area contributed by atoms with E-state index in [-0.39, 0.29) is 12.2 Å². The summed E-state index contributed by atoms with van der Waals surface area (Å²) in [6.45, 7) is -0.177. The number of nitriles is 1. The van der Waals surface area contributed by atoms with E-state index in [4.69, 9.17) is 5.26 Å². The highest BCUT2D eigenvalue weighted by Gasteiger charge is 2.34. The first-order valence-electron chi connectivity index (χ1n) is 8.03. The van der Waals surface area contributed by atoms with Gasteiger partial charge in [0.1, 0.15) is 5.82 Å². The van der Waals surface area contributed by atoms with Crippen molar-refractivity contribution in [3.63, 3.8) is 0 Å². The summed E-state index contributed by atoms with van der Waals surface area (Å²) in [4.78, 5) is 12.2. The highest BCUT2D eigenvalue weighted by molar-refractivity contribution is 5.94. The summed E-state index contributed by atoms with van der Waals surface area (Å²) < 4.78 is 53.7. The average molecular weight is 391 g/mol. The molecule has 0 saturated carbocycles. The maximum Gasteiger partial charge on any atom is 0.417 e. The van der Waals surface area contributed by atoms with Crippen LogP contribution in [0.4, 0.5) is 23.2 Å². The SMILES string of the molecule is N#Cc1ccc(NC(=O)[C@@H](O)Cn2ccc3cc(F)ccc32)cc1C(F)(F)F. The van der Waals surface area contributed by atoms with E-state index in [1.54, 1.807) is 12.3 Å². The van der Waals surface area contributed by atoms with Gasteiger partial charge in [-0.15, -0.1) is 0 Å². The Bertz CT molecular complexity index is 1080. The Labute approximate surface area is 156 Å². The lowest BCUT2D eigenvalue weighted by molar-refractivity contribution is -0.137. The Hall–Kier alpha value is -3.38. The van der Waals surface area contributed by atoms with Gasteiger partial charge in [0, 0.05) is 22.8 Å². The van der Waals surface area contributed by atoms with Gasteiger partial charge in [0.2, 0.25) is 0 Å². The molecule has 0 spiro atoms. The van der Waals surface area contributed by atoms with Gasteiger partial charge in [0.15, 0.2) is 6.10 Å². The molecule has 3 aromatic rings. The second-order valence-corrected chi connectivity index (χ2v) is 6.05. The number of amides is 1. The Balaban J connectivity index is 1.76. The van der Waals surface area contributed by atoms with Crippen LogP contribution in [0.15, 0.2) is 48.7 Å². The summed E-state index contributed by atoms with van der Waals surface area (Å²) in [5, 5.41) is 21.7. The number of carbonyl (C=O) groups is 1. The van der Waals surface area contributed by atoms with Crippen molar-refractivity contribution in [1.29, 1.82) is 5.26 Å². The van der Waals surface area contributed by atoms with Gasteiger partial charge in [-0.3, -0.25) is 4.79 Å². The number of aliphatic hydroxyl groups is 1. The van der Waals surface area contributed by atoms with Gasteiger partial charge in [-0.2, -0.15) is 18.4 Å². The number of halogens is 4. The number of anilines is 1. The summed E-state index contributed by atoms with van der Waals surface area (Å²) in [5.41, 5.74) is -1.36. The minimum Gasteiger partial charge on any atom is -0.381 e. The van der Waals surface area contributed by atoms with E-state index < -0.39 is 35.1 Å². The number of rotatable bonds is 4. The van der Waals surface area contributed by atoms with Gasteiger partial charge in [-0.25, -0.2) is 4.39 Å². The third-order valence-corrected chi connectivity index (χ3v) is 4.12. The molecule has 0 fully saturated rings. The molecule has 1 aromatic heterocycles. The normalized spacial score (nSPS) is 12.6. The molecule has 144 valence electrons. The molecule has 0 radical (unpaired) electrons. The largest absolute Gasteiger partial charge is 0.417 e. The second-order valence-electron chi connectivity index (χ2n) is 6.05. The van der Waals surface area contributed by atoms with Crippen molar-refractivity contribution in [1.82, 2.24) is 4.57 Å². The Morgan fingerprint density at radius 1 is 1.21 bits per heavy atom. The standard InChI is InChI=1S/C19H13F4N3O2/c20-13-2-4-16-11(7-13)5-6-26(16)10-17(27)18(28)25-14-3-1-12(9-24)15(8-14)19(21,22)23/h1-8,17,27H,10H2,(H,25,28)/t17-/m0/s1. The highest BCUT2D eigenvalue weighted by atomic mass is 19.4. The fraction of sp³-hybridized carbons (Fsp3) is 0.158. The van der Waals surface area contributed by atoms with Crippen molar-refractivity contribution < 1.29 is 27.5 Å². The smallest absolute Gasteiger partial charge is 0.381 e. The number of nitrogens with zero attached hydrogens (tertiary/aromatic N) is 2. The van der Waals surface area contributed by atoms with Crippen LogP contribution >= 0.6 is 0 Å². The molecule has 5 nitrogen and oxygen atoms in total. The predicted molar refractivity (Wildman–Crippen MR) is 92.7 cm³/mol. The molecule has 1 heterocycles. The molecule has 0 unspecified atom stereocenters. The van der Waals surface area contributed by atoms with Gasteiger partial charge in [-0.1, -0.05) is 0 Å². The van der Waals surface area contributed by atoms with Crippen molar-refractivity contribution in [3.8, 4) is 6.07 Å². The van der Waals surface area contributed by atoms with E-state index in [1.807, 2.05) is 0 Å². The van der Waals surface area contributed by atoms with Crippen molar-refractivity contribution in [2.24, 2.45) is 0 Å². The first-order chi connectivity index (χ1) is 13.2. The highest BCUT2D eigenvalue weighted by Crippen LogP contribution is 2.33. The molecule has 2 N–H and O–H groups in total. The Morgan fingerprint density at radius 2 is 1.96 bits per heavy atom. The van der Waals surface area contributed by atoms with Crippen LogP contribution in [-0.2, 0) is 17.5 Å². The molecule has 0 bridgehead atoms. The lowest BCUT2D eigenvalue weighted by atomic mass is 10.1. The van der Waals surface area contributed by atoms with Crippen molar-refractivity contribution in [2.45, 2.75) is 18.8 Å². The molecule has 2 aromatic carbocycles. The van der Waals surface area contributed by atoms with Gasteiger partial charge in [0.05, 0.1) is 23.7 Å². The Morgan fingerprint density at radius 3 is 2.64 bits per heavy atom. The molecule has 28 heavy (non-hydrogen) atoms. The minimum absolute atomic E-state index is 0.177. The maximum atomic E-state index is 13.2. The minimum atomic E-state index is -4.76. The van der Waals surface area contributed by atoms with Crippen LogP contribution in [0.1, 0.15) is 11.1 Å². The number of hydrogen-bond acceptors (Lipinski definition) is 3. The third kappa shape index (κ3) is 3.97. The fourth-order valence-corrected chi connectivity index (χ4v) is 2.78. The number of carbonyl (C=O) groups excluding carboxylic acids is 1. The lowest BCUT2D eigenvalue weighted by Crippen LogP contribution is -2.31. The summed E-state index contributed by atoms with van der Waals surface area (Å²) in [7, 11) is 0. The number of aromatic nitrogens is 1. The number of benzene rings is 2. The van der Waals surface area contributed by atoms with Crippen molar-refractivity contribution in [3.05, 3.63) is 65.6 Å². The summed E-state index contributed by atoms with van der Waals surface area (Å²) in [6, 6.07) is 9.81. The van der Waals surface area contributed by atoms with E-state index in [2.05, 4.69) is 5.32 Å². The molecule has 0 aliphatic rings. The molecule has 3 rings (SSSR count). The third-order valence-electron chi connectivity index (χ3n) is 4.12. The van der Waals surface area contributed by atoms with Gasteiger partial charge in [0.25, 0.3) is 5.91 Å². The molecule has 0 aliphatic heterocycles. The number of hydrogen-bond donors (Lipinski definition) is 2. The number of alkyl halides is 3. The van der Waals surface area contributed by atoms with Crippen LogP contribution in [0, 0.1) is 17.1 Å². The maximum absolute atomic E-state index is 13.2. The topological polar surface area (TPSA) is 78.1 Å². The fourth-order valence-electron chi connectivity index (χ4n) is 2.78. The van der Waals surface area contributed by atoms with Crippen LogP contribution in [0.2, 0.25) is 0 Å². The predicted octanol–water partition coefficient (Wildman–Crippen LogP) is 3.67. The zero-order valence-corrected chi connectivity index (χ0v) is 14.2. The van der Waals surface area contributed by atoms with Crippen molar-refractivity contribution in [2.75, 3.05) is 5.32 Å². The summed E-state index contributed by atoms with van der Waals surface area (Å²) >= 11 is 0. The zero-order valence-electron chi connectivity index (χ0n) is 14.2. The van der Waals surface area contributed by atoms with E-state index in [1.165, 1.54) is 28.8 Å². The molecule has 0 aliphatic carbocycles. The van der Waals surface area contributed by atoms with Crippen LogP contribution < -0.4 is 5.32 Å². The van der Waals surface area contributed by atoms with Gasteiger partial charge in [-0.05, 0) is 42.5 Å². The number of fused-ring (bicyclic) bond motifs is 1. The van der Waals surface area contributed by atoms with E-state index in [0.717, 1.165) is 12.1 Å². The lowest BCUT2D eigenvalue weighted by Gasteiger charge is -2.15. The molecule has 1 amide bonds. The van der Waals surface area contributed by atoms with Gasteiger partial charge < -0.3 is 15.0 Å². The second kappa shape index (κ2) is 7.32. The van der Waals surface area contributed by atoms with E-state index in [0.29, 0.717) is 17.0 Å². The molecular formula is C19H13F4N3O2. The number of nitrogens with one attached hydrogen (secondary N) is 1. The first kappa shape index (κ1) is 19.4. The average Bonchev–Trinajstić information content (AvgIpc) is 3.02. The molecular weight excluding hydrogens is 378 g/mol.